The Bertz CT molecular complexity index is 1250. The van der Waals surface area contributed by atoms with E-state index in [1.807, 2.05) is 24.3 Å². The molecule has 0 saturated heterocycles. The lowest BCUT2D eigenvalue weighted by Crippen LogP contribution is -2.20. The van der Waals surface area contributed by atoms with Crippen molar-refractivity contribution in [3.8, 4) is 45.8 Å². The van der Waals surface area contributed by atoms with Crippen molar-refractivity contribution in [2.75, 3.05) is 33.3 Å². The van der Waals surface area contributed by atoms with Gasteiger partial charge in [0.05, 0.1) is 27.0 Å². The molecule has 1 heterocycles. The van der Waals surface area contributed by atoms with E-state index in [1.165, 1.54) is 7.11 Å². The number of nitrogens with one attached hydrogen (secondary N) is 1. The van der Waals surface area contributed by atoms with Crippen LogP contribution in [0.15, 0.2) is 71.3 Å². The zero-order chi connectivity index (χ0) is 23.9. The summed E-state index contributed by atoms with van der Waals surface area (Å²) in [7, 11) is 4.69. The van der Waals surface area contributed by atoms with Gasteiger partial charge in [-0.3, -0.25) is 4.79 Å². The lowest BCUT2D eigenvalue weighted by atomic mass is 10.2. The van der Waals surface area contributed by atoms with E-state index >= 15 is 0 Å². The van der Waals surface area contributed by atoms with E-state index in [-0.39, 0.29) is 12.5 Å². The van der Waals surface area contributed by atoms with Crippen molar-refractivity contribution in [3.05, 3.63) is 66.7 Å². The number of hydrogen-bond acceptors (Lipinski definition) is 8. The molecule has 0 bridgehead atoms. The number of hydrogen-bond donors (Lipinski definition) is 1. The lowest BCUT2D eigenvalue weighted by molar-refractivity contribution is -0.118. The van der Waals surface area contributed by atoms with Crippen LogP contribution in [-0.4, -0.2) is 44.0 Å². The number of rotatable bonds is 9. The Morgan fingerprint density at radius 3 is 2.15 bits per heavy atom. The largest absolute Gasteiger partial charge is 0.497 e. The predicted octanol–water partition coefficient (Wildman–Crippen LogP) is 4.45. The number of carbonyl (C=O) groups is 1. The molecule has 4 rings (SSSR count). The Morgan fingerprint density at radius 2 is 1.47 bits per heavy atom. The highest BCUT2D eigenvalue weighted by Crippen LogP contribution is 2.29. The second-order valence-corrected chi connectivity index (χ2v) is 7.08. The molecule has 0 unspecified atom stereocenters. The Kier molecular flexibility index (Phi) is 6.92. The molecule has 0 radical (unpaired) electrons. The standard InChI is InChI=1S/C25H23N3O6/c1-30-18-8-4-16(5-9-18)24-27-25(34-28-24)17-6-10-19(11-7-17)33-15-23(29)26-21-14-20(31-2)12-13-22(21)32-3/h4-14H,15H2,1-3H3,(H,26,29). The smallest absolute Gasteiger partial charge is 0.262 e. The summed E-state index contributed by atoms with van der Waals surface area (Å²) in [6.07, 6.45) is 0. The third-order valence-electron chi connectivity index (χ3n) is 4.93. The van der Waals surface area contributed by atoms with E-state index in [4.69, 9.17) is 23.5 Å². The summed E-state index contributed by atoms with van der Waals surface area (Å²) < 4.78 is 26.6. The average molecular weight is 461 g/mol. The Hall–Kier alpha value is -4.53. The van der Waals surface area contributed by atoms with Gasteiger partial charge in [-0.25, -0.2) is 0 Å². The first-order valence-electron chi connectivity index (χ1n) is 10.3. The van der Waals surface area contributed by atoms with E-state index in [2.05, 4.69) is 15.5 Å². The number of ether oxygens (including phenoxy) is 4. The molecule has 0 aliphatic carbocycles. The first-order valence-corrected chi connectivity index (χ1v) is 10.3. The van der Waals surface area contributed by atoms with Crippen molar-refractivity contribution in [1.29, 1.82) is 0 Å². The maximum atomic E-state index is 12.3. The van der Waals surface area contributed by atoms with Crippen LogP contribution in [0.1, 0.15) is 0 Å². The van der Waals surface area contributed by atoms with Crippen molar-refractivity contribution in [2.45, 2.75) is 0 Å². The number of aromatic nitrogens is 2. The Balaban J connectivity index is 1.36. The first kappa shape index (κ1) is 22.7. The van der Waals surface area contributed by atoms with Crippen LogP contribution in [0.4, 0.5) is 5.69 Å². The predicted molar refractivity (Wildman–Crippen MR) is 125 cm³/mol. The van der Waals surface area contributed by atoms with E-state index in [1.54, 1.807) is 56.7 Å². The SMILES string of the molecule is COc1ccc(-c2noc(-c3ccc(OCC(=O)Nc4cc(OC)ccc4OC)cc3)n2)cc1. The normalized spacial score (nSPS) is 10.4. The van der Waals surface area contributed by atoms with E-state index in [9.17, 15) is 4.79 Å². The molecule has 1 N–H and O–H groups in total. The summed E-state index contributed by atoms with van der Waals surface area (Å²) in [6.45, 7) is -0.179. The molecule has 34 heavy (non-hydrogen) atoms. The Morgan fingerprint density at radius 1 is 0.824 bits per heavy atom. The molecule has 9 heteroatoms. The molecule has 9 nitrogen and oxygen atoms in total. The van der Waals surface area contributed by atoms with Crippen LogP contribution in [0.2, 0.25) is 0 Å². The zero-order valence-corrected chi connectivity index (χ0v) is 18.9. The van der Waals surface area contributed by atoms with Gasteiger partial charge < -0.3 is 28.8 Å². The maximum absolute atomic E-state index is 12.3. The summed E-state index contributed by atoms with van der Waals surface area (Å²) in [5, 5.41) is 6.80. The molecule has 0 aliphatic rings. The van der Waals surface area contributed by atoms with Gasteiger partial charge in [0.1, 0.15) is 23.0 Å². The summed E-state index contributed by atoms with van der Waals surface area (Å²) >= 11 is 0. The molecule has 0 spiro atoms. The fourth-order valence-corrected chi connectivity index (χ4v) is 3.14. The van der Waals surface area contributed by atoms with Gasteiger partial charge in [-0.2, -0.15) is 4.98 Å². The maximum Gasteiger partial charge on any atom is 0.262 e. The molecular weight excluding hydrogens is 438 g/mol. The van der Waals surface area contributed by atoms with E-state index in [0.717, 1.165) is 16.9 Å². The second kappa shape index (κ2) is 10.4. The van der Waals surface area contributed by atoms with Gasteiger partial charge in [0, 0.05) is 17.2 Å². The van der Waals surface area contributed by atoms with Crippen molar-refractivity contribution in [3.63, 3.8) is 0 Å². The van der Waals surface area contributed by atoms with Gasteiger partial charge in [-0.1, -0.05) is 5.16 Å². The minimum Gasteiger partial charge on any atom is -0.497 e. The van der Waals surface area contributed by atoms with Crippen molar-refractivity contribution >= 4 is 11.6 Å². The van der Waals surface area contributed by atoms with Gasteiger partial charge >= 0.3 is 0 Å². The lowest BCUT2D eigenvalue weighted by Gasteiger charge is -2.12. The summed E-state index contributed by atoms with van der Waals surface area (Å²) in [4.78, 5) is 16.8. The molecule has 0 fully saturated rings. The molecule has 1 amide bonds. The van der Waals surface area contributed by atoms with Crippen molar-refractivity contribution in [2.24, 2.45) is 0 Å². The topological polar surface area (TPSA) is 105 Å². The van der Waals surface area contributed by atoms with Crippen LogP contribution in [0.3, 0.4) is 0 Å². The van der Waals surface area contributed by atoms with Gasteiger partial charge in [-0.15, -0.1) is 0 Å². The number of benzene rings is 3. The molecule has 0 aliphatic heterocycles. The summed E-state index contributed by atoms with van der Waals surface area (Å²) in [5.74, 6) is 2.90. The molecule has 174 valence electrons. The summed E-state index contributed by atoms with van der Waals surface area (Å²) in [5.41, 5.74) is 2.04. The minimum absolute atomic E-state index is 0.179. The van der Waals surface area contributed by atoms with Crippen LogP contribution in [0.25, 0.3) is 22.8 Å². The van der Waals surface area contributed by atoms with Crippen LogP contribution >= 0.6 is 0 Å². The number of amides is 1. The van der Waals surface area contributed by atoms with Gasteiger partial charge in [-0.05, 0) is 60.7 Å². The number of nitrogens with zero attached hydrogens (tertiary/aromatic N) is 2. The van der Waals surface area contributed by atoms with E-state index in [0.29, 0.717) is 34.7 Å². The number of anilines is 1. The third-order valence-corrected chi connectivity index (χ3v) is 4.93. The fourth-order valence-electron chi connectivity index (χ4n) is 3.14. The van der Waals surface area contributed by atoms with E-state index < -0.39 is 0 Å². The molecule has 0 atom stereocenters. The van der Waals surface area contributed by atoms with Crippen LogP contribution in [0.5, 0.6) is 23.0 Å². The highest BCUT2D eigenvalue weighted by molar-refractivity contribution is 5.93. The second-order valence-electron chi connectivity index (χ2n) is 7.08. The van der Waals surface area contributed by atoms with Gasteiger partial charge in [0.15, 0.2) is 6.61 Å². The fraction of sp³-hybridized carbons (Fsp3) is 0.160. The number of carbonyl (C=O) groups excluding carboxylic acids is 1. The van der Waals surface area contributed by atoms with Gasteiger partial charge in [0.2, 0.25) is 5.82 Å². The molecule has 3 aromatic carbocycles. The number of methoxy groups -OCH3 is 3. The molecular formula is C25H23N3O6. The Labute approximate surface area is 196 Å². The third kappa shape index (κ3) is 5.26. The van der Waals surface area contributed by atoms with Crippen LogP contribution < -0.4 is 24.3 Å². The van der Waals surface area contributed by atoms with Crippen LogP contribution in [0, 0.1) is 0 Å². The summed E-state index contributed by atoms with van der Waals surface area (Å²) in [6, 6.07) is 19.5. The highest BCUT2D eigenvalue weighted by Gasteiger charge is 2.12. The first-order chi connectivity index (χ1) is 16.6. The quantitative estimate of drug-likeness (QED) is 0.390. The molecule has 1 aromatic heterocycles. The zero-order valence-electron chi connectivity index (χ0n) is 18.9. The van der Waals surface area contributed by atoms with Crippen LogP contribution in [-0.2, 0) is 4.79 Å². The van der Waals surface area contributed by atoms with Crippen molar-refractivity contribution in [1.82, 2.24) is 10.1 Å². The monoisotopic (exact) mass is 461 g/mol. The average Bonchev–Trinajstić information content (AvgIpc) is 3.38. The van der Waals surface area contributed by atoms with Gasteiger partial charge in [0.25, 0.3) is 11.8 Å². The minimum atomic E-state index is -0.336. The van der Waals surface area contributed by atoms with Crippen molar-refractivity contribution < 1.29 is 28.3 Å². The highest BCUT2D eigenvalue weighted by atomic mass is 16.5. The molecule has 4 aromatic rings. The molecule has 0 saturated carbocycles.